The highest BCUT2D eigenvalue weighted by Gasteiger charge is 2.68. The summed E-state index contributed by atoms with van der Waals surface area (Å²) in [6.45, 7) is 11.1. The molecule has 48 heavy (non-hydrogen) atoms. The van der Waals surface area contributed by atoms with Crippen LogP contribution < -0.4 is 0 Å². The Kier molecular flexibility index (Phi) is 7.27. The molecule has 7 unspecified atom stereocenters. The second kappa shape index (κ2) is 10.9. The van der Waals surface area contributed by atoms with E-state index in [0.717, 1.165) is 53.3 Å². The van der Waals surface area contributed by atoms with Crippen LogP contribution in [-0.4, -0.2) is 52.8 Å². The van der Waals surface area contributed by atoms with Gasteiger partial charge in [0, 0.05) is 12.5 Å². The number of thioether (sulfide) groups is 1. The Morgan fingerprint density at radius 1 is 1.08 bits per heavy atom. The molecule has 0 bridgehead atoms. The minimum absolute atomic E-state index is 0.0740. The van der Waals surface area contributed by atoms with Gasteiger partial charge in [0.15, 0.2) is 10.9 Å². The average molecular weight is 665 g/mol. The quantitative estimate of drug-likeness (QED) is 0.218. The summed E-state index contributed by atoms with van der Waals surface area (Å²) in [5.41, 5.74) is 5.84. The smallest absolute Gasteiger partial charge is 0.175 e. The molecule has 2 aromatic heterocycles. The van der Waals surface area contributed by atoms with Crippen LogP contribution in [0.5, 0.6) is 0 Å². The molecule has 0 saturated heterocycles. The van der Waals surface area contributed by atoms with Crippen LogP contribution in [0.15, 0.2) is 65.5 Å². The van der Waals surface area contributed by atoms with Crippen LogP contribution in [0.25, 0.3) is 22.8 Å². The summed E-state index contributed by atoms with van der Waals surface area (Å²) in [5, 5.41) is 30.0. The van der Waals surface area contributed by atoms with Crippen molar-refractivity contribution in [3.63, 3.8) is 0 Å². The van der Waals surface area contributed by atoms with Crippen LogP contribution in [0.4, 0.5) is 0 Å². The first-order valence-corrected chi connectivity index (χ1v) is 18.6. The molecule has 0 radical (unpaired) electrons. The van der Waals surface area contributed by atoms with Gasteiger partial charge >= 0.3 is 0 Å². The maximum atomic E-state index is 14.0. The maximum Gasteiger partial charge on any atom is 0.175 e. The first kappa shape index (κ1) is 32.0. The van der Waals surface area contributed by atoms with E-state index in [1.54, 1.807) is 0 Å². The van der Waals surface area contributed by atoms with Crippen molar-refractivity contribution in [2.75, 3.05) is 5.75 Å². The number of carbonyl (C=O) groups is 1. The number of allylic oxidation sites excluding steroid dienone is 1. The van der Waals surface area contributed by atoms with Gasteiger partial charge in [0.1, 0.15) is 5.60 Å². The fourth-order valence-corrected chi connectivity index (χ4v) is 11.4. The summed E-state index contributed by atoms with van der Waals surface area (Å²) in [4.78, 5) is 18.7. The maximum absolute atomic E-state index is 14.0. The highest BCUT2D eigenvalue weighted by molar-refractivity contribution is 7.99. The molecule has 3 fully saturated rings. The van der Waals surface area contributed by atoms with Crippen molar-refractivity contribution in [1.82, 2.24) is 19.3 Å². The summed E-state index contributed by atoms with van der Waals surface area (Å²) < 4.78 is 4.09. The van der Waals surface area contributed by atoms with Gasteiger partial charge in [-0.3, -0.25) is 4.79 Å². The van der Waals surface area contributed by atoms with Gasteiger partial charge in [-0.1, -0.05) is 76.2 Å². The number of carbonyl (C=O) groups excluding carboxylic acids is 1. The first-order chi connectivity index (χ1) is 22.7. The molecular formula is C40H48N4O3S. The SMILES string of the molecule is Cn1c(SCC(=O)C2(O)CCC3C4CCC5=Cc6c(cnn6-c6ccc(C(C)(C)C)cc6)CC5(C)C4C(O)CC32C)nc2ccccc21. The van der Waals surface area contributed by atoms with Crippen molar-refractivity contribution >= 4 is 34.7 Å². The zero-order valence-corrected chi connectivity index (χ0v) is 29.8. The summed E-state index contributed by atoms with van der Waals surface area (Å²) in [7, 11) is 1.97. The number of para-hydroxylation sites is 2. The van der Waals surface area contributed by atoms with Gasteiger partial charge in [-0.25, -0.2) is 9.67 Å². The third-order valence-corrected chi connectivity index (χ3v) is 14.1. The molecule has 4 aromatic rings. The summed E-state index contributed by atoms with van der Waals surface area (Å²) >= 11 is 1.40. The predicted molar refractivity (Wildman–Crippen MR) is 191 cm³/mol. The van der Waals surface area contributed by atoms with Gasteiger partial charge in [0.2, 0.25) is 0 Å². The minimum Gasteiger partial charge on any atom is -0.393 e. The molecule has 2 N–H and O–H groups in total. The van der Waals surface area contributed by atoms with Crippen molar-refractivity contribution in [2.45, 2.75) is 95.4 Å². The molecule has 7 nitrogen and oxygen atoms in total. The molecule has 8 rings (SSSR count). The highest BCUT2D eigenvalue weighted by atomic mass is 32.2. The van der Waals surface area contributed by atoms with Gasteiger partial charge in [-0.05, 0) is 109 Å². The molecule has 2 heterocycles. The number of benzene rings is 2. The zero-order chi connectivity index (χ0) is 33.8. The Labute approximate surface area is 287 Å². The molecular weight excluding hydrogens is 617 g/mol. The number of imidazole rings is 1. The zero-order valence-electron chi connectivity index (χ0n) is 29.0. The monoisotopic (exact) mass is 664 g/mol. The van der Waals surface area contributed by atoms with Crippen LogP contribution in [0.3, 0.4) is 0 Å². The molecule has 4 aliphatic rings. The highest BCUT2D eigenvalue weighted by Crippen LogP contribution is 2.67. The number of hydrogen-bond acceptors (Lipinski definition) is 6. The summed E-state index contributed by atoms with van der Waals surface area (Å²) in [6.07, 6.45) is 8.24. The molecule has 3 saturated carbocycles. The Morgan fingerprint density at radius 2 is 1.83 bits per heavy atom. The van der Waals surface area contributed by atoms with Gasteiger partial charge in [0.25, 0.3) is 0 Å². The lowest BCUT2D eigenvalue weighted by Gasteiger charge is -2.60. The summed E-state index contributed by atoms with van der Waals surface area (Å²) in [6, 6.07) is 16.7. The van der Waals surface area contributed by atoms with Crippen LogP contribution in [0.1, 0.15) is 83.5 Å². The normalized spacial score (nSPS) is 32.7. The van der Waals surface area contributed by atoms with Gasteiger partial charge in [-0.2, -0.15) is 5.10 Å². The molecule has 4 aliphatic carbocycles. The number of aliphatic hydroxyl groups excluding tert-OH is 1. The number of hydrogen-bond donors (Lipinski definition) is 2. The van der Waals surface area contributed by atoms with Crippen LogP contribution in [0.2, 0.25) is 0 Å². The van der Waals surface area contributed by atoms with Crippen molar-refractivity contribution in [2.24, 2.45) is 35.6 Å². The molecule has 2 aromatic carbocycles. The van der Waals surface area contributed by atoms with E-state index in [4.69, 9.17) is 10.1 Å². The second-order valence-corrected chi connectivity index (χ2v) is 17.5. The van der Waals surface area contributed by atoms with Crippen LogP contribution in [0, 0.1) is 28.6 Å². The lowest BCUT2D eigenvalue weighted by atomic mass is 9.45. The lowest BCUT2D eigenvalue weighted by molar-refractivity contribution is -0.177. The van der Waals surface area contributed by atoms with E-state index in [-0.39, 0.29) is 40.1 Å². The van der Waals surface area contributed by atoms with Gasteiger partial charge in [-0.15, -0.1) is 0 Å². The van der Waals surface area contributed by atoms with E-state index in [1.807, 2.05) is 42.1 Å². The Bertz CT molecular complexity index is 1950. The van der Waals surface area contributed by atoms with Crippen molar-refractivity contribution < 1.29 is 15.0 Å². The Hall–Kier alpha value is -3.20. The van der Waals surface area contributed by atoms with E-state index in [0.29, 0.717) is 12.8 Å². The van der Waals surface area contributed by atoms with E-state index >= 15 is 0 Å². The summed E-state index contributed by atoms with van der Waals surface area (Å²) in [5.74, 6) is 0.533. The first-order valence-electron chi connectivity index (χ1n) is 17.6. The van der Waals surface area contributed by atoms with Crippen molar-refractivity contribution in [3.8, 4) is 5.69 Å². The standard InChI is InChI=1S/C40H48N4O3S/c1-37(2,3)25-11-14-27(15-12-25)44-32-19-26-13-16-28-29-17-18-40(47,34(46)23-48-36-42-30-9-7-8-10-31(30)43(36)6)39(29,5)21-33(45)35(28)38(26,4)20-24(32)22-41-44/h7-12,14-15,19,22,28-29,33,35,45,47H,13,16-18,20-21,23H2,1-6H3. The van der Waals surface area contributed by atoms with Gasteiger partial charge in [0.05, 0.1) is 40.5 Å². The number of aromatic nitrogens is 4. The number of nitrogens with zero attached hydrogens (tertiary/aromatic N) is 4. The topological polar surface area (TPSA) is 93.2 Å². The molecule has 0 spiro atoms. The molecule has 0 amide bonds. The van der Waals surface area contributed by atoms with Crippen LogP contribution in [-0.2, 0) is 23.7 Å². The number of aliphatic hydroxyl groups is 2. The molecule has 7 atom stereocenters. The minimum atomic E-state index is -1.46. The second-order valence-electron chi connectivity index (χ2n) is 16.6. The van der Waals surface area contributed by atoms with E-state index < -0.39 is 17.1 Å². The third kappa shape index (κ3) is 4.58. The van der Waals surface area contributed by atoms with E-state index in [1.165, 1.54) is 28.5 Å². The van der Waals surface area contributed by atoms with Crippen molar-refractivity contribution in [1.29, 1.82) is 0 Å². The fraction of sp³-hybridized carbons (Fsp3) is 0.525. The number of rotatable bonds is 5. The molecule has 252 valence electrons. The number of fused-ring (bicyclic) bond motifs is 7. The number of aryl methyl sites for hydroxylation is 1. The van der Waals surface area contributed by atoms with Gasteiger partial charge < -0.3 is 14.8 Å². The van der Waals surface area contributed by atoms with E-state index in [2.05, 4.69) is 69.6 Å². The Morgan fingerprint density at radius 3 is 2.56 bits per heavy atom. The number of Topliss-reactive ketones (excluding diaryl/α,β-unsaturated/α-hetero) is 1. The third-order valence-electron chi connectivity index (χ3n) is 13.1. The lowest BCUT2D eigenvalue weighted by Crippen LogP contribution is -2.62. The largest absolute Gasteiger partial charge is 0.393 e. The predicted octanol–water partition coefficient (Wildman–Crippen LogP) is 7.30. The average Bonchev–Trinajstić information content (AvgIpc) is 3.69. The van der Waals surface area contributed by atoms with E-state index in [9.17, 15) is 15.0 Å². The molecule has 0 aliphatic heterocycles. The molecule has 8 heteroatoms. The van der Waals surface area contributed by atoms with Crippen molar-refractivity contribution in [3.05, 3.63) is 77.1 Å². The van der Waals surface area contributed by atoms with Crippen LogP contribution >= 0.6 is 11.8 Å². The fourth-order valence-electron chi connectivity index (χ4n) is 10.5. The Balaban J connectivity index is 1.04. The number of ketones is 1.